The number of hydrogen-bond acceptors (Lipinski definition) is 5. The molecule has 1 aliphatic rings. The monoisotopic (exact) mass is 417 g/mol. The Morgan fingerprint density at radius 2 is 1.97 bits per heavy atom. The number of nitrogens with one attached hydrogen (secondary N) is 1. The van der Waals surface area contributed by atoms with Gasteiger partial charge in [-0.2, -0.15) is 5.10 Å². The molecule has 1 N–H and O–H groups in total. The number of amides is 1. The van der Waals surface area contributed by atoms with E-state index in [0.717, 1.165) is 18.8 Å². The zero-order valence-corrected chi connectivity index (χ0v) is 18.3. The van der Waals surface area contributed by atoms with Gasteiger partial charge in [0.25, 0.3) is 0 Å². The summed E-state index contributed by atoms with van der Waals surface area (Å²) in [7, 11) is 3.96. The van der Waals surface area contributed by atoms with Gasteiger partial charge in [0.1, 0.15) is 5.82 Å². The molecule has 1 saturated heterocycles. The van der Waals surface area contributed by atoms with Gasteiger partial charge < -0.3 is 15.0 Å². The molecule has 0 saturated carbocycles. The second-order valence-electron chi connectivity index (χ2n) is 8.26. The molecular formula is C22H32FN5O2. The summed E-state index contributed by atoms with van der Waals surface area (Å²) in [6, 6.07) is 8.55. The first-order valence-corrected chi connectivity index (χ1v) is 10.4. The zero-order valence-electron chi connectivity index (χ0n) is 18.3. The Labute approximate surface area is 177 Å². The van der Waals surface area contributed by atoms with Crippen LogP contribution in [0.5, 0.6) is 0 Å². The Balaban J connectivity index is 1.60. The van der Waals surface area contributed by atoms with E-state index in [4.69, 9.17) is 4.74 Å². The third-order valence-corrected chi connectivity index (χ3v) is 5.00. The molecule has 1 aliphatic heterocycles. The van der Waals surface area contributed by atoms with Crippen LogP contribution in [0.15, 0.2) is 30.3 Å². The normalized spacial score (nSPS) is 19.9. The molecule has 0 aliphatic carbocycles. The summed E-state index contributed by atoms with van der Waals surface area (Å²) in [5.41, 5.74) is 2.06. The number of carbonyl (C=O) groups excluding carboxylic acids is 1. The summed E-state index contributed by atoms with van der Waals surface area (Å²) in [6.07, 6.45) is 0.270. The molecule has 7 nitrogen and oxygen atoms in total. The van der Waals surface area contributed by atoms with Crippen molar-refractivity contribution < 1.29 is 13.9 Å². The quantitative estimate of drug-likeness (QED) is 0.712. The van der Waals surface area contributed by atoms with E-state index in [0.29, 0.717) is 37.4 Å². The van der Waals surface area contributed by atoms with Gasteiger partial charge in [0.2, 0.25) is 5.91 Å². The predicted octanol–water partition coefficient (Wildman–Crippen LogP) is 1.98. The second-order valence-corrected chi connectivity index (χ2v) is 8.26. The third kappa shape index (κ3) is 6.10. The van der Waals surface area contributed by atoms with E-state index in [9.17, 15) is 9.18 Å². The predicted molar refractivity (Wildman–Crippen MR) is 114 cm³/mol. The number of nitrogens with zero attached hydrogens (tertiary/aromatic N) is 4. The van der Waals surface area contributed by atoms with Crippen molar-refractivity contribution in [2.75, 3.05) is 40.3 Å². The average molecular weight is 418 g/mol. The van der Waals surface area contributed by atoms with Crippen LogP contribution in [0.2, 0.25) is 0 Å². The van der Waals surface area contributed by atoms with Crippen LogP contribution in [0.1, 0.15) is 19.5 Å². The minimum absolute atomic E-state index is 0.00746. The summed E-state index contributed by atoms with van der Waals surface area (Å²) in [5, 5.41) is 7.58. The summed E-state index contributed by atoms with van der Waals surface area (Å²) in [6.45, 7) is 7.61. The average Bonchev–Trinajstić information content (AvgIpc) is 3.03. The van der Waals surface area contributed by atoms with Crippen LogP contribution in [0.4, 0.5) is 4.39 Å². The fourth-order valence-corrected chi connectivity index (χ4v) is 3.87. The third-order valence-electron chi connectivity index (χ3n) is 5.00. The smallest absolute Gasteiger partial charge is 0.234 e. The SMILES string of the molecule is CC1CN(CC(=O)NCCn2nc(-c3ccccc3F)cc2CN(C)C)CC(C)O1. The maximum Gasteiger partial charge on any atom is 0.234 e. The van der Waals surface area contributed by atoms with Gasteiger partial charge in [-0.3, -0.25) is 14.4 Å². The molecule has 2 atom stereocenters. The van der Waals surface area contributed by atoms with Crippen LogP contribution in [0.3, 0.4) is 0 Å². The van der Waals surface area contributed by atoms with Gasteiger partial charge in [-0.15, -0.1) is 0 Å². The Morgan fingerprint density at radius 3 is 2.63 bits per heavy atom. The number of morpholine rings is 1. The summed E-state index contributed by atoms with van der Waals surface area (Å²) in [4.78, 5) is 16.5. The highest BCUT2D eigenvalue weighted by Crippen LogP contribution is 2.22. The highest BCUT2D eigenvalue weighted by atomic mass is 19.1. The van der Waals surface area contributed by atoms with Crippen molar-refractivity contribution in [2.45, 2.75) is 39.1 Å². The first-order valence-electron chi connectivity index (χ1n) is 10.4. The molecule has 8 heteroatoms. The molecule has 1 amide bonds. The van der Waals surface area contributed by atoms with Crippen molar-refractivity contribution in [3.8, 4) is 11.3 Å². The van der Waals surface area contributed by atoms with E-state index in [2.05, 4.69) is 15.3 Å². The van der Waals surface area contributed by atoms with Crippen molar-refractivity contribution in [1.29, 1.82) is 0 Å². The number of halogens is 1. The van der Waals surface area contributed by atoms with E-state index >= 15 is 0 Å². The molecule has 2 unspecified atom stereocenters. The van der Waals surface area contributed by atoms with Crippen LogP contribution in [0.25, 0.3) is 11.3 Å². The Hall–Kier alpha value is -2.29. The van der Waals surface area contributed by atoms with E-state index in [-0.39, 0.29) is 23.9 Å². The first-order chi connectivity index (χ1) is 14.3. The lowest BCUT2D eigenvalue weighted by Gasteiger charge is -2.34. The summed E-state index contributed by atoms with van der Waals surface area (Å²) < 4.78 is 21.7. The van der Waals surface area contributed by atoms with Crippen LogP contribution >= 0.6 is 0 Å². The topological polar surface area (TPSA) is 62.6 Å². The van der Waals surface area contributed by atoms with Crippen LogP contribution in [-0.2, 0) is 22.6 Å². The molecule has 1 aromatic carbocycles. The van der Waals surface area contributed by atoms with E-state index in [1.165, 1.54) is 6.07 Å². The molecule has 164 valence electrons. The van der Waals surface area contributed by atoms with Gasteiger partial charge in [-0.05, 0) is 46.1 Å². The second kappa shape index (κ2) is 10.1. The van der Waals surface area contributed by atoms with Gasteiger partial charge in [-0.25, -0.2) is 4.39 Å². The highest BCUT2D eigenvalue weighted by Gasteiger charge is 2.23. The van der Waals surface area contributed by atoms with Crippen LogP contribution < -0.4 is 5.32 Å². The van der Waals surface area contributed by atoms with Crippen LogP contribution in [0, 0.1) is 5.82 Å². The Kier molecular flexibility index (Phi) is 7.58. The Morgan fingerprint density at radius 1 is 1.27 bits per heavy atom. The van der Waals surface area contributed by atoms with E-state index in [1.54, 1.807) is 18.2 Å². The molecule has 0 bridgehead atoms. The van der Waals surface area contributed by atoms with E-state index in [1.807, 2.05) is 43.6 Å². The fourth-order valence-electron chi connectivity index (χ4n) is 3.87. The van der Waals surface area contributed by atoms with Gasteiger partial charge in [-0.1, -0.05) is 12.1 Å². The fraction of sp³-hybridized carbons (Fsp3) is 0.545. The largest absolute Gasteiger partial charge is 0.373 e. The van der Waals surface area contributed by atoms with Gasteiger partial charge in [0.15, 0.2) is 0 Å². The van der Waals surface area contributed by atoms with Gasteiger partial charge >= 0.3 is 0 Å². The molecule has 1 aromatic heterocycles. The van der Waals surface area contributed by atoms with Crippen molar-refractivity contribution in [1.82, 2.24) is 24.9 Å². The molecule has 30 heavy (non-hydrogen) atoms. The molecule has 0 radical (unpaired) electrons. The van der Waals surface area contributed by atoms with E-state index < -0.39 is 0 Å². The van der Waals surface area contributed by atoms with Crippen LogP contribution in [-0.4, -0.2) is 78.0 Å². The molecule has 1 fully saturated rings. The number of rotatable bonds is 8. The molecule has 3 rings (SSSR count). The lowest BCUT2D eigenvalue weighted by atomic mass is 10.1. The van der Waals surface area contributed by atoms with Crippen molar-refractivity contribution in [3.63, 3.8) is 0 Å². The minimum Gasteiger partial charge on any atom is -0.373 e. The lowest BCUT2D eigenvalue weighted by molar-refractivity contribution is -0.126. The van der Waals surface area contributed by atoms with Crippen molar-refractivity contribution >= 4 is 5.91 Å². The van der Waals surface area contributed by atoms with Gasteiger partial charge in [0.05, 0.1) is 36.7 Å². The standard InChI is InChI=1S/C22H32FN5O2/c1-16-12-27(13-17(2)30-16)15-22(29)24-9-10-28-18(14-26(3)4)11-21(25-28)19-7-5-6-8-20(19)23/h5-8,11,16-17H,9-10,12-15H2,1-4H3,(H,24,29). The number of ether oxygens (including phenoxy) is 1. The minimum atomic E-state index is -0.291. The van der Waals surface area contributed by atoms with Crippen molar-refractivity contribution in [2.24, 2.45) is 0 Å². The first kappa shape index (κ1) is 22.4. The lowest BCUT2D eigenvalue weighted by Crippen LogP contribution is -2.49. The number of hydrogen-bond donors (Lipinski definition) is 1. The highest BCUT2D eigenvalue weighted by molar-refractivity contribution is 5.78. The number of aromatic nitrogens is 2. The maximum absolute atomic E-state index is 14.2. The maximum atomic E-state index is 14.2. The molecular weight excluding hydrogens is 385 g/mol. The zero-order chi connectivity index (χ0) is 21.7. The number of benzene rings is 1. The van der Waals surface area contributed by atoms with Crippen molar-refractivity contribution in [3.05, 3.63) is 41.8 Å². The molecule has 0 spiro atoms. The summed E-state index contributed by atoms with van der Waals surface area (Å²) in [5.74, 6) is -0.298. The molecule has 2 aromatic rings. The number of carbonyl (C=O) groups is 1. The Bertz CT molecular complexity index is 844. The van der Waals surface area contributed by atoms with Gasteiger partial charge in [0, 0.05) is 31.7 Å². The summed E-state index contributed by atoms with van der Waals surface area (Å²) >= 11 is 0. The molecule has 2 heterocycles.